The van der Waals surface area contributed by atoms with Gasteiger partial charge in [-0.2, -0.15) is 0 Å². The van der Waals surface area contributed by atoms with Crippen molar-refractivity contribution < 1.29 is 26.5 Å². The molecule has 2 rings (SSSR count). The molecule has 6 heteroatoms. The summed E-state index contributed by atoms with van der Waals surface area (Å²) in [5, 5.41) is 0.545. The number of nitrogens with one attached hydrogen (secondary N) is 1. The van der Waals surface area contributed by atoms with Crippen LogP contribution < -0.4 is 19.3 Å². The number of methoxy groups -OCH3 is 2. The molecule has 118 valence electrons. The fraction of sp³-hybridized carbons (Fsp3) is 0.600. The van der Waals surface area contributed by atoms with Crippen molar-refractivity contribution in [3.05, 3.63) is 17.7 Å². The van der Waals surface area contributed by atoms with Crippen molar-refractivity contribution in [2.45, 2.75) is 24.6 Å². The van der Waals surface area contributed by atoms with Gasteiger partial charge in [0.15, 0.2) is 0 Å². The van der Waals surface area contributed by atoms with E-state index in [9.17, 15) is 8.78 Å². The summed E-state index contributed by atoms with van der Waals surface area (Å²) in [4.78, 5) is 0. The fourth-order valence-corrected chi connectivity index (χ4v) is 3.22. The molecule has 0 spiro atoms. The number of hydrogen-bond donors (Lipinski definition) is 1. The molecule has 1 aliphatic carbocycles. The molecule has 21 heavy (non-hydrogen) atoms. The van der Waals surface area contributed by atoms with Gasteiger partial charge in [-0.1, -0.05) is 0 Å². The Labute approximate surface area is 139 Å². The molecule has 1 aromatic carbocycles. The summed E-state index contributed by atoms with van der Waals surface area (Å²) in [5.41, 5.74) is 0.391. The molecule has 0 radical (unpaired) electrons. The predicted octanol–water partition coefficient (Wildman–Crippen LogP) is 1.80. The van der Waals surface area contributed by atoms with E-state index in [0.717, 1.165) is 12.6 Å². The first-order valence-electron chi connectivity index (χ1n) is 9.63. The Morgan fingerprint density at radius 1 is 1.33 bits per heavy atom. The van der Waals surface area contributed by atoms with E-state index in [1.54, 1.807) is 0 Å². The number of alkyl halides is 2. The van der Waals surface area contributed by atoms with Gasteiger partial charge in [0.2, 0.25) is 0 Å². The van der Waals surface area contributed by atoms with E-state index < -0.39 is 34.4 Å². The number of benzene rings is 1. The van der Waals surface area contributed by atoms with Gasteiger partial charge in [0.25, 0.3) is 0 Å². The van der Waals surface area contributed by atoms with Gasteiger partial charge in [-0.05, 0) is 0 Å². The summed E-state index contributed by atoms with van der Waals surface area (Å²) < 4.78 is 79.2. The van der Waals surface area contributed by atoms with Gasteiger partial charge in [-0.15, -0.1) is 0 Å². The fourth-order valence-electron chi connectivity index (χ4n) is 1.99. The molecular weight excluding hydrogens is 343 g/mol. The first-order chi connectivity index (χ1) is 12.4. The van der Waals surface area contributed by atoms with Gasteiger partial charge in [-0.3, -0.25) is 0 Å². The number of rotatable bonds is 9. The van der Waals surface area contributed by atoms with E-state index in [1.807, 2.05) is 0 Å². The molecular formula is C15H21F2NO2Se. The van der Waals surface area contributed by atoms with Crippen LogP contribution in [0.15, 0.2) is 12.1 Å². The van der Waals surface area contributed by atoms with Crippen molar-refractivity contribution in [3.63, 3.8) is 0 Å². The van der Waals surface area contributed by atoms with Crippen molar-refractivity contribution in [2.75, 3.05) is 27.2 Å². The van der Waals surface area contributed by atoms with Crippen molar-refractivity contribution in [2.24, 2.45) is 5.92 Å². The Hall–Kier alpha value is -0.841. The van der Waals surface area contributed by atoms with Gasteiger partial charge < -0.3 is 0 Å². The number of ether oxygens (including phenoxy) is 2. The van der Waals surface area contributed by atoms with Crippen LogP contribution in [0.2, 0.25) is 0 Å². The maximum atomic E-state index is 12.9. The second-order valence-corrected chi connectivity index (χ2v) is 7.05. The quantitative estimate of drug-likeness (QED) is 0.531. The molecule has 1 fully saturated rings. The first-order valence-corrected chi connectivity index (χ1v) is 8.48. The molecule has 0 saturated heterocycles. The molecule has 0 unspecified atom stereocenters. The summed E-state index contributed by atoms with van der Waals surface area (Å²) in [7, 11) is -5.56. The topological polar surface area (TPSA) is 30.5 Å². The molecule has 0 atom stereocenters. The van der Waals surface area contributed by atoms with E-state index in [1.165, 1.54) is 18.9 Å². The summed E-state index contributed by atoms with van der Waals surface area (Å²) in [6.07, 6.45) is 2.71. The van der Waals surface area contributed by atoms with Crippen LogP contribution in [0.4, 0.5) is 8.78 Å². The molecule has 1 aromatic rings. The Morgan fingerprint density at radius 2 is 2.10 bits per heavy atom. The second-order valence-electron chi connectivity index (χ2n) is 4.89. The van der Waals surface area contributed by atoms with Crippen LogP contribution in [-0.4, -0.2) is 47.4 Å². The molecule has 0 bridgehead atoms. The van der Waals surface area contributed by atoms with Crippen molar-refractivity contribution >= 4 is 19.4 Å². The van der Waals surface area contributed by atoms with Crippen LogP contribution in [0.1, 0.15) is 26.6 Å². The minimum atomic E-state index is -2.80. The molecule has 0 aliphatic heterocycles. The van der Waals surface area contributed by atoms with E-state index in [0.29, 0.717) is 24.4 Å². The maximum absolute atomic E-state index is 12.9. The van der Waals surface area contributed by atoms with Crippen molar-refractivity contribution in [3.8, 4) is 11.5 Å². The summed E-state index contributed by atoms with van der Waals surface area (Å²) in [6.45, 7) is 1.36. The SMILES string of the molecule is [2H]C([2H])([2H])Oc1cc([Se]C(F)F)c(OC([2H])([2H])[2H])cc1CCNCC1CC1. The Balaban J connectivity index is 2.27. The molecule has 1 saturated carbocycles. The Bertz CT molecular complexity index is 638. The Kier molecular flexibility index (Phi) is 3.81. The second kappa shape index (κ2) is 7.97. The molecule has 0 amide bonds. The number of halogens is 2. The Morgan fingerprint density at radius 3 is 2.76 bits per heavy atom. The average molecular weight is 370 g/mol. The summed E-state index contributed by atoms with van der Waals surface area (Å²) in [5.74, 6) is 0.415. The van der Waals surface area contributed by atoms with Gasteiger partial charge in [0.1, 0.15) is 0 Å². The summed E-state index contributed by atoms with van der Waals surface area (Å²) in [6, 6.07) is 2.46. The predicted molar refractivity (Wildman–Crippen MR) is 80.2 cm³/mol. The van der Waals surface area contributed by atoms with Gasteiger partial charge in [-0.25, -0.2) is 0 Å². The van der Waals surface area contributed by atoms with E-state index in [4.69, 9.17) is 17.7 Å². The normalized spacial score (nSPS) is 20.0. The molecule has 3 nitrogen and oxygen atoms in total. The molecule has 1 aliphatic rings. The zero-order chi connectivity index (χ0) is 20.2. The zero-order valence-corrected chi connectivity index (χ0v) is 13.0. The van der Waals surface area contributed by atoms with E-state index >= 15 is 0 Å². The van der Waals surface area contributed by atoms with Crippen molar-refractivity contribution in [1.29, 1.82) is 0 Å². The third-order valence-corrected chi connectivity index (χ3v) is 4.84. The van der Waals surface area contributed by atoms with Crippen LogP contribution in [-0.2, 0) is 6.42 Å². The standard InChI is InChI=1S/C15H21F2NO2Se/c1-19-12-8-14(21-15(16)17)13(20-2)7-11(12)5-6-18-9-10-3-4-10/h7-8,10,15,18H,3-6,9H2,1-2H3/i1D3,2D3. The van der Waals surface area contributed by atoms with E-state index in [-0.39, 0.29) is 16.0 Å². The third kappa shape index (κ3) is 5.13. The third-order valence-electron chi connectivity index (χ3n) is 3.26. The molecule has 0 heterocycles. The van der Waals surface area contributed by atoms with Crippen LogP contribution in [0, 0.1) is 5.92 Å². The van der Waals surface area contributed by atoms with E-state index in [2.05, 4.69) is 5.32 Å². The van der Waals surface area contributed by atoms with Gasteiger partial charge in [0.05, 0.1) is 0 Å². The van der Waals surface area contributed by atoms with Crippen LogP contribution >= 0.6 is 0 Å². The van der Waals surface area contributed by atoms with Gasteiger partial charge >= 0.3 is 138 Å². The number of hydrogen-bond acceptors (Lipinski definition) is 3. The monoisotopic (exact) mass is 371 g/mol. The first kappa shape index (κ1) is 10.0. The van der Waals surface area contributed by atoms with Crippen LogP contribution in [0.5, 0.6) is 11.5 Å². The average Bonchev–Trinajstić information content (AvgIpc) is 3.28. The molecule has 1 N–H and O–H groups in total. The van der Waals surface area contributed by atoms with Crippen molar-refractivity contribution in [1.82, 2.24) is 5.32 Å². The van der Waals surface area contributed by atoms with Crippen LogP contribution in [0.3, 0.4) is 0 Å². The molecule has 0 aromatic heterocycles. The summed E-state index contributed by atoms with van der Waals surface area (Å²) >= 11 is -1.41. The zero-order valence-electron chi connectivity index (χ0n) is 17.3. The minimum absolute atomic E-state index is 0.0532. The van der Waals surface area contributed by atoms with Crippen LogP contribution in [0.25, 0.3) is 0 Å². The van der Waals surface area contributed by atoms with Gasteiger partial charge in [0, 0.05) is 0 Å².